The molecule has 0 saturated carbocycles. The van der Waals surface area contributed by atoms with Gasteiger partial charge in [0.05, 0.1) is 23.6 Å². The van der Waals surface area contributed by atoms with Crippen molar-refractivity contribution >= 4 is 5.70 Å². The Balaban J connectivity index is 2.45. The summed E-state index contributed by atoms with van der Waals surface area (Å²) in [5, 5.41) is 7.84. The van der Waals surface area contributed by atoms with Crippen LogP contribution in [-0.2, 0) is 12.0 Å². The van der Waals surface area contributed by atoms with Gasteiger partial charge in [-0.25, -0.2) is 0 Å². The molecule has 3 nitrogen and oxygen atoms in total. The van der Waals surface area contributed by atoms with E-state index in [0.717, 1.165) is 30.2 Å². The van der Waals surface area contributed by atoms with Crippen LogP contribution in [0.15, 0.2) is 12.6 Å². The Morgan fingerprint density at radius 1 is 1.50 bits per heavy atom. The van der Waals surface area contributed by atoms with Gasteiger partial charge in [0.1, 0.15) is 0 Å². The van der Waals surface area contributed by atoms with Crippen LogP contribution in [0.1, 0.15) is 32.2 Å². The monoisotopic (exact) mass is 191 g/mol. The second kappa shape index (κ2) is 2.87. The number of rotatable bonds is 0. The van der Waals surface area contributed by atoms with E-state index in [-0.39, 0.29) is 5.41 Å². The van der Waals surface area contributed by atoms with Crippen LogP contribution in [0.2, 0.25) is 0 Å². The second-order valence-electron chi connectivity index (χ2n) is 4.79. The lowest BCUT2D eigenvalue weighted by molar-refractivity contribution is 0.517. The standard InChI is InChI=1S/C11H17N3/c1-8-9-7-10(11(2,3)4)13-14(9)6-5-12-8/h7,12H,1,5-6H2,2-4H3. The molecule has 0 saturated heterocycles. The van der Waals surface area contributed by atoms with Crippen molar-refractivity contribution < 1.29 is 0 Å². The molecular formula is C11H17N3. The fraction of sp³-hybridized carbons (Fsp3) is 0.545. The van der Waals surface area contributed by atoms with E-state index in [1.165, 1.54) is 0 Å². The molecule has 0 fully saturated rings. The lowest BCUT2D eigenvalue weighted by Gasteiger charge is -2.17. The molecule has 1 aliphatic heterocycles. The third-order valence-corrected chi connectivity index (χ3v) is 2.52. The summed E-state index contributed by atoms with van der Waals surface area (Å²) >= 11 is 0. The van der Waals surface area contributed by atoms with Crippen LogP contribution in [0, 0.1) is 0 Å². The molecule has 0 aromatic carbocycles. The average Bonchev–Trinajstić information content (AvgIpc) is 2.48. The van der Waals surface area contributed by atoms with Gasteiger partial charge in [0, 0.05) is 12.0 Å². The minimum Gasteiger partial charge on any atom is -0.382 e. The Morgan fingerprint density at radius 3 is 2.79 bits per heavy atom. The van der Waals surface area contributed by atoms with Crippen molar-refractivity contribution in [2.75, 3.05) is 6.54 Å². The fourth-order valence-corrected chi connectivity index (χ4v) is 1.60. The molecule has 0 amide bonds. The van der Waals surface area contributed by atoms with Crippen molar-refractivity contribution in [1.29, 1.82) is 0 Å². The van der Waals surface area contributed by atoms with Gasteiger partial charge in [-0.15, -0.1) is 0 Å². The highest BCUT2D eigenvalue weighted by Crippen LogP contribution is 2.24. The van der Waals surface area contributed by atoms with Crippen LogP contribution in [0.3, 0.4) is 0 Å². The largest absolute Gasteiger partial charge is 0.382 e. The summed E-state index contributed by atoms with van der Waals surface area (Å²) in [6, 6.07) is 2.13. The summed E-state index contributed by atoms with van der Waals surface area (Å²) in [5.74, 6) is 0. The van der Waals surface area contributed by atoms with E-state index >= 15 is 0 Å². The summed E-state index contributed by atoms with van der Waals surface area (Å²) in [6.45, 7) is 12.4. The van der Waals surface area contributed by atoms with Gasteiger partial charge in [0.25, 0.3) is 0 Å². The van der Waals surface area contributed by atoms with E-state index in [0.29, 0.717) is 0 Å². The lowest BCUT2D eigenvalue weighted by Crippen LogP contribution is -2.26. The molecule has 0 aliphatic carbocycles. The minimum atomic E-state index is 0.116. The van der Waals surface area contributed by atoms with E-state index in [4.69, 9.17) is 0 Å². The topological polar surface area (TPSA) is 29.9 Å². The zero-order valence-corrected chi connectivity index (χ0v) is 9.09. The van der Waals surface area contributed by atoms with E-state index in [9.17, 15) is 0 Å². The smallest absolute Gasteiger partial charge is 0.0839 e. The maximum Gasteiger partial charge on any atom is 0.0839 e. The first kappa shape index (κ1) is 9.31. The highest BCUT2D eigenvalue weighted by molar-refractivity contribution is 5.60. The first-order valence-electron chi connectivity index (χ1n) is 5.00. The van der Waals surface area contributed by atoms with Crippen molar-refractivity contribution in [3.8, 4) is 0 Å². The Hall–Kier alpha value is -1.25. The first-order valence-corrected chi connectivity index (χ1v) is 5.00. The number of nitrogens with zero attached hydrogens (tertiary/aromatic N) is 2. The van der Waals surface area contributed by atoms with E-state index < -0.39 is 0 Å². The first-order chi connectivity index (χ1) is 6.48. The molecule has 14 heavy (non-hydrogen) atoms. The molecule has 0 spiro atoms. The molecular weight excluding hydrogens is 174 g/mol. The van der Waals surface area contributed by atoms with Gasteiger partial charge in [0.2, 0.25) is 0 Å². The Morgan fingerprint density at radius 2 is 2.21 bits per heavy atom. The predicted molar refractivity (Wildman–Crippen MR) is 58.0 cm³/mol. The van der Waals surface area contributed by atoms with Gasteiger partial charge in [-0.05, 0) is 6.07 Å². The van der Waals surface area contributed by atoms with Gasteiger partial charge >= 0.3 is 0 Å². The minimum absolute atomic E-state index is 0.116. The SMILES string of the molecule is C=C1NCCn2nc(C(C)(C)C)cc21. The van der Waals surface area contributed by atoms with E-state index in [2.05, 4.69) is 43.8 Å². The molecule has 76 valence electrons. The summed E-state index contributed by atoms with van der Waals surface area (Å²) in [5.41, 5.74) is 3.36. The number of fused-ring (bicyclic) bond motifs is 1. The Bertz CT molecular complexity index is 368. The van der Waals surface area contributed by atoms with Gasteiger partial charge in [-0.2, -0.15) is 5.10 Å². The normalized spacial score (nSPS) is 16.4. The molecule has 0 atom stereocenters. The summed E-state index contributed by atoms with van der Waals surface area (Å²) < 4.78 is 2.04. The van der Waals surface area contributed by atoms with Crippen LogP contribution < -0.4 is 5.32 Å². The van der Waals surface area contributed by atoms with E-state index in [1.54, 1.807) is 0 Å². The van der Waals surface area contributed by atoms with Crippen LogP contribution in [0.4, 0.5) is 0 Å². The predicted octanol–water partition coefficient (Wildman–Crippen LogP) is 1.75. The number of nitrogens with one attached hydrogen (secondary N) is 1. The van der Waals surface area contributed by atoms with Crippen molar-refractivity contribution in [3.05, 3.63) is 24.0 Å². The summed E-state index contributed by atoms with van der Waals surface area (Å²) in [6.07, 6.45) is 0. The molecule has 0 unspecified atom stereocenters. The maximum absolute atomic E-state index is 4.59. The molecule has 0 bridgehead atoms. The number of hydrogen-bond acceptors (Lipinski definition) is 2. The highest BCUT2D eigenvalue weighted by atomic mass is 15.3. The van der Waals surface area contributed by atoms with Gasteiger partial charge in [-0.1, -0.05) is 27.4 Å². The van der Waals surface area contributed by atoms with Crippen molar-refractivity contribution in [1.82, 2.24) is 15.1 Å². The van der Waals surface area contributed by atoms with Crippen molar-refractivity contribution in [2.45, 2.75) is 32.7 Å². The van der Waals surface area contributed by atoms with Crippen LogP contribution >= 0.6 is 0 Å². The fourth-order valence-electron chi connectivity index (χ4n) is 1.60. The molecule has 1 aliphatic rings. The summed E-state index contributed by atoms with van der Waals surface area (Å²) in [4.78, 5) is 0. The molecule has 3 heteroatoms. The molecule has 2 rings (SSSR count). The van der Waals surface area contributed by atoms with Crippen molar-refractivity contribution in [3.63, 3.8) is 0 Å². The zero-order chi connectivity index (χ0) is 10.3. The lowest BCUT2D eigenvalue weighted by atomic mass is 9.92. The molecule has 1 aromatic rings. The average molecular weight is 191 g/mol. The third-order valence-electron chi connectivity index (χ3n) is 2.52. The Labute approximate surface area is 84.8 Å². The molecule has 0 radical (unpaired) electrons. The second-order valence-corrected chi connectivity index (χ2v) is 4.79. The number of aromatic nitrogens is 2. The molecule has 1 aromatic heterocycles. The third kappa shape index (κ3) is 1.43. The Kier molecular flexibility index (Phi) is 1.91. The van der Waals surface area contributed by atoms with E-state index in [1.807, 2.05) is 4.68 Å². The van der Waals surface area contributed by atoms with Crippen molar-refractivity contribution in [2.24, 2.45) is 0 Å². The van der Waals surface area contributed by atoms with Crippen LogP contribution in [-0.4, -0.2) is 16.3 Å². The van der Waals surface area contributed by atoms with Crippen LogP contribution in [0.25, 0.3) is 5.70 Å². The van der Waals surface area contributed by atoms with Crippen LogP contribution in [0.5, 0.6) is 0 Å². The highest BCUT2D eigenvalue weighted by Gasteiger charge is 2.22. The molecule has 2 heterocycles. The van der Waals surface area contributed by atoms with Gasteiger partial charge < -0.3 is 5.32 Å². The zero-order valence-electron chi connectivity index (χ0n) is 9.09. The maximum atomic E-state index is 4.59. The van der Waals surface area contributed by atoms with Gasteiger partial charge in [-0.3, -0.25) is 4.68 Å². The summed E-state index contributed by atoms with van der Waals surface area (Å²) in [7, 11) is 0. The van der Waals surface area contributed by atoms with Gasteiger partial charge in [0.15, 0.2) is 0 Å². The quantitative estimate of drug-likeness (QED) is 0.677. The molecule has 1 N–H and O–H groups in total. The number of hydrogen-bond donors (Lipinski definition) is 1.